The molecule has 1 saturated heterocycles. The Morgan fingerprint density at radius 3 is 2.32 bits per heavy atom. The third-order valence-electron chi connectivity index (χ3n) is 5.15. The van der Waals surface area contributed by atoms with Crippen molar-refractivity contribution in [2.45, 2.75) is 30.8 Å². The Bertz CT molecular complexity index is 962. The highest BCUT2D eigenvalue weighted by atomic mass is 127. The number of hydrogen-bond acceptors (Lipinski definition) is 4. The van der Waals surface area contributed by atoms with Crippen LogP contribution in [0.2, 0.25) is 0 Å². The van der Waals surface area contributed by atoms with Crippen molar-refractivity contribution < 1.29 is 12.8 Å². The Balaban J connectivity index is 0.00000341. The second-order valence-electron chi connectivity index (χ2n) is 7.40. The molecule has 0 saturated carbocycles. The number of guanidine groups is 1. The quantitative estimate of drug-likeness (QED) is 0.295. The van der Waals surface area contributed by atoms with E-state index in [0.29, 0.717) is 12.5 Å². The molecule has 170 valence electrons. The molecule has 31 heavy (non-hydrogen) atoms. The van der Waals surface area contributed by atoms with E-state index in [0.717, 1.165) is 18.2 Å². The van der Waals surface area contributed by atoms with Gasteiger partial charge in [-0.25, -0.2) is 12.8 Å². The number of rotatable bonds is 8. The summed E-state index contributed by atoms with van der Waals surface area (Å²) in [6, 6.07) is 13.9. The van der Waals surface area contributed by atoms with Gasteiger partial charge in [-0.3, -0.25) is 9.89 Å². The van der Waals surface area contributed by atoms with Gasteiger partial charge in [0.05, 0.1) is 5.75 Å². The Morgan fingerprint density at radius 2 is 1.68 bits per heavy atom. The van der Waals surface area contributed by atoms with E-state index >= 15 is 0 Å². The summed E-state index contributed by atoms with van der Waals surface area (Å²) in [5.41, 5.74) is 2.42. The number of likely N-dealkylation sites (tertiary alicyclic amines) is 1. The van der Waals surface area contributed by atoms with Crippen molar-refractivity contribution in [2.75, 3.05) is 32.4 Å². The van der Waals surface area contributed by atoms with Crippen LogP contribution in [-0.4, -0.2) is 51.7 Å². The maximum Gasteiger partial charge on any atom is 0.191 e. The van der Waals surface area contributed by atoms with Gasteiger partial charge in [0.25, 0.3) is 0 Å². The third-order valence-corrected chi connectivity index (χ3v) is 6.89. The monoisotopic (exact) mass is 560 g/mol. The summed E-state index contributed by atoms with van der Waals surface area (Å²) in [6.07, 6.45) is 2.57. The van der Waals surface area contributed by atoms with Crippen LogP contribution in [0.15, 0.2) is 58.4 Å². The fourth-order valence-electron chi connectivity index (χ4n) is 3.48. The first kappa shape index (κ1) is 25.5. The van der Waals surface area contributed by atoms with Gasteiger partial charge in [-0.2, -0.15) is 0 Å². The number of halogens is 2. The van der Waals surface area contributed by atoms with Gasteiger partial charge in [-0.1, -0.05) is 36.4 Å². The lowest BCUT2D eigenvalue weighted by Crippen LogP contribution is -2.39. The van der Waals surface area contributed by atoms with Crippen molar-refractivity contribution in [3.63, 3.8) is 0 Å². The Labute approximate surface area is 201 Å². The summed E-state index contributed by atoms with van der Waals surface area (Å²) in [5.74, 6) is -0.451. The van der Waals surface area contributed by atoms with E-state index in [1.807, 2.05) is 0 Å². The van der Waals surface area contributed by atoms with Crippen LogP contribution in [0.1, 0.15) is 24.0 Å². The smallest absolute Gasteiger partial charge is 0.191 e. The van der Waals surface area contributed by atoms with Crippen LogP contribution in [-0.2, 0) is 22.9 Å². The predicted molar refractivity (Wildman–Crippen MR) is 133 cm³/mol. The molecular weight excluding hydrogens is 530 g/mol. The van der Waals surface area contributed by atoms with Crippen molar-refractivity contribution >= 4 is 39.8 Å². The summed E-state index contributed by atoms with van der Waals surface area (Å²) >= 11 is 0. The molecule has 0 spiro atoms. The molecule has 2 aromatic carbocycles. The van der Waals surface area contributed by atoms with E-state index in [9.17, 15) is 12.8 Å². The molecule has 0 unspecified atom stereocenters. The lowest BCUT2D eigenvalue weighted by atomic mass is 10.1. The highest BCUT2D eigenvalue weighted by molar-refractivity contribution is 14.0. The molecule has 9 heteroatoms. The highest BCUT2D eigenvalue weighted by Crippen LogP contribution is 2.15. The van der Waals surface area contributed by atoms with Crippen molar-refractivity contribution in [2.24, 2.45) is 4.99 Å². The summed E-state index contributed by atoms with van der Waals surface area (Å²) in [7, 11) is -2.08. The van der Waals surface area contributed by atoms with Gasteiger partial charge in [0.15, 0.2) is 15.8 Å². The van der Waals surface area contributed by atoms with Crippen LogP contribution in [0.4, 0.5) is 4.39 Å². The van der Waals surface area contributed by atoms with Gasteiger partial charge < -0.3 is 10.6 Å². The molecule has 1 aliphatic rings. The van der Waals surface area contributed by atoms with Crippen LogP contribution in [0, 0.1) is 5.82 Å². The number of nitrogens with one attached hydrogen (secondary N) is 2. The molecule has 0 aliphatic carbocycles. The highest BCUT2D eigenvalue weighted by Gasteiger charge is 2.18. The van der Waals surface area contributed by atoms with Crippen LogP contribution in [0.3, 0.4) is 0 Å². The summed E-state index contributed by atoms with van der Waals surface area (Å²) in [5, 5.41) is 6.15. The second kappa shape index (κ2) is 12.4. The van der Waals surface area contributed by atoms with Crippen LogP contribution >= 0.6 is 24.0 Å². The number of hydrogen-bond donors (Lipinski definition) is 2. The predicted octanol–water partition coefficient (Wildman–Crippen LogP) is 3.18. The zero-order valence-electron chi connectivity index (χ0n) is 17.7. The largest absolute Gasteiger partial charge is 0.355 e. The Hall–Kier alpha value is -1.72. The van der Waals surface area contributed by atoms with E-state index in [-0.39, 0.29) is 41.2 Å². The van der Waals surface area contributed by atoms with Gasteiger partial charge in [-0.05, 0) is 49.2 Å². The molecule has 0 atom stereocenters. The van der Waals surface area contributed by atoms with E-state index in [1.54, 1.807) is 7.05 Å². The number of sulfone groups is 1. The van der Waals surface area contributed by atoms with Gasteiger partial charge in [0, 0.05) is 26.7 Å². The molecule has 6 nitrogen and oxygen atoms in total. The number of nitrogens with zero attached hydrogens (tertiary/aromatic N) is 2. The Morgan fingerprint density at radius 1 is 1.03 bits per heavy atom. The molecule has 2 N–H and O–H groups in total. The minimum absolute atomic E-state index is 0. The molecule has 1 aliphatic heterocycles. The van der Waals surface area contributed by atoms with Gasteiger partial charge in [-0.15, -0.1) is 24.0 Å². The fraction of sp³-hybridized carbons (Fsp3) is 0.409. The maximum atomic E-state index is 13.7. The van der Waals surface area contributed by atoms with Crippen molar-refractivity contribution in [3.8, 4) is 0 Å². The average Bonchev–Trinajstić information content (AvgIpc) is 3.25. The van der Waals surface area contributed by atoms with E-state index in [4.69, 9.17) is 0 Å². The summed E-state index contributed by atoms with van der Waals surface area (Å²) in [4.78, 5) is 6.31. The molecule has 0 bridgehead atoms. The molecule has 1 fully saturated rings. The molecule has 0 amide bonds. The zero-order chi connectivity index (χ0) is 21.4. The minimum Gasteiger partial charge on any atom is -0.355 e. The second-order valence-corrected chi connectivity index (χ2v) is 9.48. The van der Waals surface area contributed by atoms with E-state index < -0.39 is 15.7 Å². The first-order chi connectivity index (χ1) is 14.5. The normalized spacial score (nSPS) is 14.8. The third kappa shape index (κ3) is 7.73. The summed E-state index contributed by atoms with van der Waals surface area (Å²) < 4.78 is 38.4. The molecular formula is C22H30FIN4O2S. The van der Waals surface area contributed by atoms with Crippen molar-refractivity contribution in [3.05, 3.63) is 65.5 Å². The molecule has 0 radical (unpaired) electrons. The molecule has 2 aromatic rings. The first-order valence-corrected chi connectivity index (χ1v) is 11.8. The van der Waals surface area contributed by atoms with Gasteiger partial charge in [0.2, 0.25) is 0 Å². The number of benzene rings is 2. The Kier molecular flexibility index (Phi) is 10.2. The summed E-state index contributed by atoms with van der Waals surface area (Å²) in [6.45, 7) is 4.05. The van der Waals surface area contributed by atoms with Gasteiger partial charge in [0.1, 0.15) is 10.7 Å². The van der Waals surface area contributed by atoms with Crippen LogP contribution in [0.25, 0.3) is 0 Å². The number of aliphatic imine (C=N–C) groups is 1. The fourth-order valence-corrected chi connectivity index (χ4v) is 4.72. The van der Waals surface area contributed by atoms with E-state index in [1.165, 1.54) is 49.7 Å². The van der Waals surface area contributed by atoms with Crippen molar-refractivity contribution in [1.29, 1.82) is 0 Å². The van der Waals surface area contributed by atoms with Crippen molar-refractivity contribution in [1.82, 2.24) is 15.5 Å². The zero-order valence-corrected chi connectivity index (χ0v) is 20.8. The first-order valence-electron chi connectivity index (χ1n) is 10.2. The molecule has 0 aromatic heterocycles. The SMILES string of the molecule is CN=C(NCCS(=O)(=O)c1ccccc1F)NCc1ccc(CN2CCCC2)cc1.I. The van der Waals surface area contributed by atoms with Crippen LogP contribution in [0.5, 0.6) is 0 Å². The standard InChI is InChI=1S/C22H29FN4O2S.HI/c1-24-22(25-12-15-30(28,29)21-7-3-2-6-20(21)23)26-16-18-8-10-19(11-9-18)17-27-13-4-5-14-27;/h2-3,6-11H,4-5,12-17H2,1H3,(H2,24,25,26);1H. The minimum atomic E-state index is -3.70. The lowest BCUT2D eigenvalue weighted by Gasteiger charge is -2.15. The average molecular weight is 560 g/mol. The van der Waals surface area contributed by atoms with E-state index in [2.05, 4.69) is 44.8 Å². The maximum absolute atomic E-state index is 13.7. The topological polar surface area (TPSA) is 73.8 Å². The van der Waals surface area contributed by atoms with Crippen LogP contribution < -0.4 is 10.6 Å². The lowest BCUT2D eigenvalue weighted by molar-refractivity contribution is 0.331. The van der Waals surface area contributed by atoms with Gasteiger partial charge >= 0.3 is 0 Å². The molecule has 1 heterocycles. The molecule has 3 rings (SSSR count).